The number of imidazole rings is 1. The van der Waals surface area contributed by atoms with E-state index < -0.39 is 0 Å². The van der Waals surface area contributed by atoms with Gasteiger partial charge in [0.15, 0.2) is 10.8 Å². The van der Waals surface area contributed by atoms with Crippen LogP contribution in [0.1, 0.15) is 38.8 Å². The van der Waals surface area contributed by atoms with E-state index in [1.165, 1.54) is 0 Å². The van der Waals surface area contributed by atoms with Crippen LogP contribution in [0.25, 0.3) is 21.5 Å². The second-order valence-electron chi connectivity index (χ2n) is 7.28. The zero-order valence-electron chi connectivity index (χ0n) is 15.2. The third-order valence-electron chi connectivity index (χ3n) is 5.15. The number of hydrogen-bond donors (Lipinski definition) is 1. The molecular formula is C19H20N6OS. The molecule has 1 aliphatic rings. The van der Waals surface area contributed by atoms with Gasteiger partial charge in [-0.3, -0.25) is 9.13 Å². The molecule has 1 N–H and O–H groups in total. The van der Waals surface area contributed by atoms with Gasteiger partial charge in [0, 0.05) is 30.5 Å². The molecule has 0 aromatic carbocycles. The molecule has 0 amide bonds. The van der Waals surface area contributed by atoms with E-state index in [2.05, 4.69) is 20.3 Å². The molecule has 1 fully saturated rings. The molecule has 27 heavy (non-hydrogen) atoms. The van der Waals surface area contributed by atoms with E-state index in [9.17, 15) is 4.79 Å². The number of rotatable bonds is 4. The van der Waals surface area contributed by atoms with Crippen molar-refractivity contribution >= 4 is 38.0 Å². The summed E-state index contributed by atoms with van der Waals surface area (Å²) in [6.45, 7) is 4.06. The highest BCUT2D eigenvalue weighted by Crippen LogP contribution is 2.36. The minimum absolute atomic E-state index is 0.0336. The molecule has 0 spiro atoms. The predicted octanol–water partition coefficient (Wildman–Crippen LogP) is 3.60. The van der Waals surface area contributed by atoms with Crippen LogP contribution in [0.5, 0.6) is 0 Å². The first-order valence-corrected chi connectivity index (χ1v) is 9.99. The van der Waals surface area contributed by atoms with Crippen molar-refractivity contribution in [2.24, 2.45) is 0 Å². The van der Waals surface area contributed by atoms with Gasteiger partial charge in [0.05, 0.1) is 5.52 Å². The molecule has 0 atom stereocenters. The first kappa shape index (κ1) is 16.4. The summed E-state index contributed by atoms with van der Waals surface area (Å²) in [6, 6.07) is 8.31. The normalized spacial score (nSPS) is 19.7. The fourth-order valence-electron chi connectivity index (χ4n) is 3.82. The number of hydrogen-bond acceptors (Lipinski definition) is 6. The summed E-state index contributed by atoms with van der Waals surface area (Å²) in [5, 5.41) is 4.38. The summed E-state index contributed by atoms with van der Waals surface area (Å²) in [5.41, 5.74) is 2.64. The van der Waals surface area contributed by atoms with Crippen LogP contribution in [-0.2, 0) is 0 Å². The van der Waals surface area contributed by atoms with Crippen LogP contribution in [0.2, 0.25) is 0 Å². The van der Waals surface area contributed by atoms with Gasteiger partial charge in [-0.05, 0) is 51.0 Å². The van der Waals surface area contributed by atoms with Gasteiger partial charge < -0.3 is 5.32 Å². The molecule has 1 saturated carbocycles. The van der Waals surface area contributed by atoms with E-state index in [0.717, 1.165) is 39.5 Å². The zero-order chi connectivity index (χ0) is 18.5. The summed E-state index contributed by atoms with van der Waals surface area (Å²) < 4.78 is 3.70. The molecular weight excluding hydrogens is 360 g/mol. The number of anilines is 1. The Kier molecular flexibility index (Phi) is 3.75. The topological polar surface area (TPSA) is 77.6 Å². The molecule has 1 aliphatic carbocycles. The highest BCUT2D eigenvalue weighted by molar-refractivity contribution is 7.21. The maximum atomic E-state index is 13.0. The van der Waals surface area contributed by atoms with Gasteiger partial charge in [0.25, 0.3) is 0 Å². The Labute approximate surface area is 159 Å². The Morgan fingerprint density at radius 2 is 1.96 bits per heavy atom. The summed E-state index contributed by atoms with van der Waals surface area (Å²) in [5.74, 6) is 0. The lowest BCUT2D eigenvalue weighted by Crippen LogP contribution is -2.41. The molecule has 138 valence electrons. The van der Waals surface area contributed by atoms with Crippen molar-refractivity contribution in [2.45, 2.75) is 44.8 Å². The van der Waals surface area contributed by atoms with E-state index in [1.807, 2.05) is 47.2 Å². The number of pyridine rings is 2. The van der Waals surface area contributed by atoms with Crippen LogP contribution in [0.4, 0.5) is 5.13 Å². The molecule has 8 heteroatoms. The molecule has 0 unspecified atom stereocenters. The van der Waals surface area contributed by atoms with Crippen LogP contribution in [0.15, 0.2) is 41.5 Å². The molecule has 0 saturated heterocycles. The zero-order valence-corrected chi connectivity index (χ0v) is 16.0. The fourth-order valence-corrected chi connectivity index (χ4v) is 4.71. The van der Waals surface area contributed by atoms with Crippen molar-refractivity contribution in [3.63, 3.8) is 0 Å². The molecule has 0 radical (unpaired) electrons. The number of nitrogens with zero attached hydrogens (tertiary/aromatic N) is 5. The van der Waals surface area contributed by atoms with E-state index in [1.54, 1.807) is 23.7 Å². The molecule has 4 aromatic rings. The first-order chi connectivity index (χ1) is 13.1. The van der Waals surface area contributed by atoms with Crippen molar-refractivity contribution in [3.05, 3.63) is 47.1 Å². The van der Waals surface area contributed by atoms with Crippen LogP contribution >= 0.6 is 11.3 Å². The van der Waals surface area contributed by atoms with Crippen LogP contribution in [-0.4, -0.2) is 30.1 Å². The Morgan fingerprint density at radius 1 is 1.19 bits per heavy atom. The minimum Gasteiger partial charge on any atom is -0.359 e. The summed E-state index contributed by atoms with van der Waals surface area (Å²) >= 11 is 1.57. The Hall–Kier alpha value is -2.74. The van der Waals surface area contributed by atoms with E-state index in [0.29, 0.717) is 6.04 Å². The number of aromatic nitrogens is 5. The lowest BCUT2D eigenvalue weighted by Gasteiger charge is -2.36. The largest absolute Gasteiger partial charge is 0.359 e. The lowest BCUT2D eigenvalue weighted by molar-refractivity contribution is 0.279. The average Bonchev–Trinajstić information content (AvgIpc) is 3.15. The summed E-state index contributed by atoms with van der Waals surface area (Å²) in [4.78, 5) is 27.4. The number of fused-ring (bicyclic) bond motifs is 2. The maximum absolute atomic E-state index is 13.0. The number of nitrogens with one attached hydrogen (secondary N) is 1. The predicted molar refractivity (Wildman–Crippen MR) is 107 cm³/mol. The van der Waals surface area contributed by atoms with Crippen molar-refractivity contribution in [3.8, 4) is 0 Å². The van der Waals surface area contributed by atoms with Crippen molar-refractivity contribution < 1.29 is 0 Å². The quantitative estimate of drug-likeness (QED) is 0.585. The summed E-state index contributed by atoms with van der Waals surface area (Å²) in [6.07, 6.45) is 5.31. The monoisotopic (exact) mass is 380 g/mol. The van der Waals surface area contributed by atoms with Gasteiger partial charge in [0.1, 0.15) is 10.3 Å². The van der Waals surface area contributed by atoms with Gasteiger partial charge in [-0.1, -0.05) is 11.3 Å². The van der Waals surface area contributed by atoms with E-state index in [4.69, 9.17) is 0 Å². The third-order valence-corrected chi connectivity index (χ3v) is 6.07. The molecule has 5 rings (SSSR count). The van der Waals surface area contributed by atoms with E-state index >= 15 is 0 Å². The van der Waals surface area contributed by atoms with Crippen LogP contribution in [0.3, 0.4) is 0 Å². The maximum Gasteiger partial charge on any atom is 0.330 e. The molecule has 4 aromatic heterocycles. The third kappa shape index (κ3) is 2.63. The second-order valence-corrected chi connectivity index (χ2v) is 8.25. The first-order valence-electron chi connectivity index (χ1n) is 9.17. The van der Waals surface area contributed by atoms with Gasteiger partial charge >= 0.3 is 5.69 Å². The Bertz CT molecular complexity index is 1150. The molecule has 7 nitrogen and oxygen atoms in total. The lowest BCUT2D eigenvalue weighted by atomic mass is 9.86. The summed E-state index contributed by atoms with van der Waals surface area (Å²) in [7, 11) is 0. The smallest absolute Gasteiger partial charge is 0.330 e. The minimum atomic E-state index is 0.0336. The highest BCUT2D eigenvalue weighted by atomic mass is 32.1. The van der Waals surface area contributed by atoms with Crippen molar-refractivity contribution in [1.29, 1.82) is 0 Å². The molecule has 0 aliphatic heterocycles. The Balaban J connectivity index is 1.39. The fraction of sp³-hybridized carbons (Fsp3) is 0.368. The van der Waals surface area contributed by atoms with Crippen molar-refractivity contribution in [1.82, 2.24) is 24.1 Å². The number of thiazole rings is 1. The van der Waals surface area contributed by atoms with E-state index in [-0.39, 0.29) is 17.8 Å². The highest BCUT2D eigenvalue weighted by Gasteiger charge is 2.34. The standard InChI is InChI=1S/C19H20N6OS/c1-11(2)24-15-6-4-7-20-16(15)25(19(24)26)13-9-12(10-13)22-18-23-14-5-3-8-21-17(14)27-18/h3-8,11-13H,9-10H2,1-2H3,(H,22,23). The molecule has 0 bridgehead atoms. The van der Waals surface area contributed by atoms with Gasteiger partial charge in [-0.15, -0.1) is 0 Å². The van der Waals surface area contributed by atoms with Gasteiger partial charge in [0.2, 0.25) is 0 Å². The van der Waals surface area contributed by atoms with Crippen molar-refractivity contribution in [2.75, 3.05) is 5.32 Å². The Morgan fingerprint density at radius 3 is 2.74 bits per heavy atom. The second kappa shape index (κ2) is 6.16. The van der Waals surface area contributed by atoms with Gasteiger partial charge in [-0.2, -0.15) is 0 Å². The molecule has 4 heterocycles. The van der Waals surface area contributed by atoms with Crippen LogP contribution < -0.4 is 11.0 Å². The van der Waals surface area contributed by atoms with Crippen LogP contribution in [0, 0.1) is 0 Å². The average molecular weight is 380 g/mol. The van der Waals surface area contributed by atoms with Gasteiger partial charge in [-0.25, -0.2) is 19.7 Å². The SMILES string of the molecule is CC(C)n1c(=O)n(C2CC(Nc3nc4cccnc4s3)C2)c2ncccc21.